The fourth-order valence-electron chi connectivity index (χ4n) is 2.84. The molecule has 3 rings (SSSR count). The first-order valence-electron chi connectivity index (χ1n) is 8.01. The Morgan fingerprint density at radius 1 is 1.12 bits per heavy atom. The molecule has 1 aromatic carbocycles. The van der Waals surface area contributed by atoms with Gasteiger partial charge in [0.15, 0.2) is 0 Å². The number of ether oxygens (including phenoxy) is 1. The number of rotatable bonds is 3. The van der Waals surface area contributed by atoms with Crippen LogP contribution in [0.15, 0.2) is 48.8 Å². The second-order valence-electron chi connectivity index (χ2n) is 6.99. The van der Waals surface area contributed by atoms with Crippen molar-refractivity contribution in [1.29, 1.82) is 0 Å². The normalized spacial score (nSPS) is 11.7. The van der Waals surface area contributed by atoms with Gasteiger partial charge in [-0.1, -0.05) is 32.9 Å². The van der Waals surface area contributed by atoms with Crippen molar-refractivity contribution in [2.24, 2.45) is 0 Å². The minimum absolute atomic E-state index is 0.0470. The Hall–Kier alpha value is -2.62. The molecule has 0 unspecified atom stereocenters. The highest BCUT2D eigenvalue weighted by Crippen LogP contribution is 2.29. The molecule has 3 aromatic rings. The Kier molecular flexibility index (Phi) is 4.14. The first kappa shape index (κ1) is 16.2. The number of esters is 1. The maximum absolute atomic E-state index is 12.2. The first-order valence-corrected chi connectivity index (χ1v) is 8.01. The van der Waals surface area contributed by atoms with E-state index in [-0.39, 0.29) is 11.4 Å². The SMILES string of the molecule is COC(=O)c1cc2ccc(C(C)(C)C)cc2n1Cc1ccncc1. The number of methoxy groups -OCH3 is 1. The fourth-order valence-corrected chi connectivity index (χ4v) is 2.84. The third kappa shape index (κ3) is 3.04. The number of carbonyl (C=O) groups is 1. The summed E-state index contributed by atoms with van der Waals surface area (Å²) in [5.74, 6) is -0.322. The van der Waals surface area contributed by atoms with Gasteiger partial charge >= 0.3 is 5.97 Å². The number of hydrogen-bond acceptors (Lipinski definition) is 3. The molecule has 0 spiro atoms. The zero-order valence-electron chi connectivity index (χ0n) is 14.5. The van der Waals surface area contributed by atoms with Gasteiger partial charge in [-0.25, -0.2) is 4.79 Å². The molecule has 0 saturated carbocycles. The van der Waals surface area contributed by atoms with Crippen molar-refractivity contribution < 1.29 is 9.53 Å². The van der Waals surface area contributed by atoms with E-state index in [4.69, 9.17) is 4.74 Å². The van der Waals surface area contributed by atoms with Crippen molar-refractivity contribution in [3.05, 3.63) is 65.6 Å². The van der Waals surface area contributed by atoms with Gasteiger partial charge in [-0.2, -0.15) is 0 Å². The zero-order valence-corrected chi connectivity index (χ0v) is 14.5. The second kappa shape index (κ2) is 6.11. The Balaban J connectivity index is 2.19. The van der Waals surface area contributed by atoms with Crippen LogP contribution in [0.1, 0.15) is 42.4 Å². The molecule has 4 heteroatoms. The van der Waals surface area contributed by atoms with Crippen LogP contribution >= 0.6 is 0 Å². The predicted molar refractivity (Wildman–Crippen MR) is 95.3 cm³/mol. The molecule has 2 aromatic heterocycles. The molecule has 0 amide bonds. The Labute approximate surface area is 142 Å². The number of fused-ring (bicyclic) bond motifs is 1. The summed E-state index contributed by atoms with van der Waals surface area (Å²) in [6.07, 6.45) is 3.53. The second-order valence-corrected chi connectivity index (χ2v) is 6.99. The summed E-state index contributed by atoms with van der Waals surface area (Å²) in [5, 5.41) is 1.04. The van der Waals surface area contributed by atoms with Gasteiger partial charge in [-0.3, -0.25) is 4.98 Å². The van der Waals surface area contributed by atoms with E-state index >= 15 is 0 Å². The van der Waals surface area contributed by atoms with Crippen LogP contribution in [0.4, 0.5) is 0 Å². The molecule has 0 saturated heterocycles. The average Bonchev–Trinajstić information content (AvgIpc) is 2.92. The van der Waals surface area contributed by atoms with E-state index in [1.165, 1.54) is 12.7 Å². The lowest BCUT2D eigenvalue weighted by molar-refractivity contribution is 0.0589. The number of aromatic nitrogens is 2. The van der Waals surface area contributed by atoms with Crippen molar-refractivity contribution in [2.75, 3.05) is 7.11 Å². The summed E-state index contributed by atoms with van der Waals surface area (Å²) in [6, 6.07) is 12.2. The molecule has 0 aliphatic rings. The third-order valence-electron chi connectivity index (χ3n) is 4.25. The van der Waals surface area contributed by atoms with Crippen LogP contribution in [-0.4, -0.2) is 22.6 Å². The minimum Gasteiger partial charge on any atom is -0.464 e. The van der Waals surface area contributed by atoms with Gasteiger partial charge in [-0.05, 0) is 40.8 Å². The molecular weight excluding hydrogens is 300 g/mol. The van der Waals surface area contributed by atoms with Gasteiger partial charge in [0.05, 0.1) is 7.11 Å². The van der Waals surface area contributed by atoms with Gasteiger partial charge in [0, 0.05) is 29.8 Å². The molecule has 0 aliphatic heterocycles. The number of benzene rings is 1. The number of carbonyl (C=O) groups excluding carboxylic acids is 1. The zero-order chi connectivity index (χ0) is 17.3. The van der Waals surface area contributed by atoms with E-state index in [9.17, 15) is 4.79 Å². The molecule has 0 atom stereocenters. The van der Waals surface area contributed by atoms with Crippen LogP contribution in [0.25, 0.3) is 10.9 Å². The Bertz CT molecular complexity index is 874. The summed E-state index contributed by atoms with van der Waals surface area (Å²) in [4.78, 5) is 16.3. The number of hydrogen-bond donors (Lipinski definition) is 0. The maximum Gasteiger partial charge on any atom is 0.354 e. The summed E-state index contributed by atoms with van der Waals surface area (Å²) < 4.78 is 6.99. The van der Waals surface area contributed by atoms with Gasteiger partial charge in [0.25, 0.3) is 0 Å². The predicted octanol–water partition coefficient (Wildman–Crippen LogP) is 4.17. The highest BCUT2D eigenvalue weighted by molar-refractivity contribution is 5.96. The van der Waals surface area contributed by atoms with Crippen LogP contribution in [0.3, 0.4) is 0 Å². The van der Waals surface area contributed by atoms with E-state index < -0.39 is 0 Å². The highest BCUT2D eigenvalue weighted by atomic mass is 16.5. The van der Waals surface area contributed by atoms with Gasteiger partial charge < -0.3 is 9.30 Å². The highest BCUT2D eigenvalue weighted by Gasteiger charge is 2.19. The lowest BCUT2D eigenvalue weighted by Gasteiger charge is -2.19. The maximum atomic E-state index is 12.2. The van der Waals surface area contributed by atoms with Crippen molar-refractivity contribution in [1.82, 2.24) is 9.55 Å². The molecule has 0 bridgehead atoms. The summed E-state index contributed by atoms with van der Waals surface area (Å²) in [5.41, 5.74) is 3.98. The topological polar surface area (TPSA) is 44.1 Å². The monoisotopic (exact) mass is 322 g/mol. The molecule has 0 radical (unpaired) electrons. The van der Waals surface area contributed by atoms with Crippen molar-refractivity contribution in [3.8, 4) is 0 Å². The van der Waals surface area contributed by atoms with Crippen LogP contribution < -0.4 is 0 Å². The molecule has 4 nitrogen and oxygen atoms in total. The van der Waals surface area contributed by atoms with Gasteiger partial charge in [0.2, 0.25) is 0 Å². The third-order valence-corrected chi connectivity index (χ3v) is 4.25. The summed E-state index contributed by atoms with van der Waals surface area (Å²) in [7, 11) is 1.41. The van der Waals surface area contributed by atoms with Crippen molar-refractivity contribution in [3.63, 3.8) is 0 Å². The van der Waals surface area contributed by atoms with Crippen molar-refractivity contribution >= 4 is 16.9 Å². The van der Waals surface area contributed by atoms with Crippen LogP contribution in [-0.2, 0) is 16.7 Å². The Morgan fingerprint density at radius 3 is 2.46 bits per heavy atom. The summed E-state index contributed by atoms with van der Waals surface area (Å²) >= 11 is 0. The van der Waals surface area contributed by atoms with E-state index in [2.05, 4.69) is 44.0 Å². The van der Waals surface area contributed by atoms with E-state index in [0.29, 0.717) is 12.2 Å². The molecule has 0 aliphatic carbocycles. The lowest BCUT2D eigenvalue weighted by Crippen LogP contribution is -2.13. The van der Waals surface area contributed by atoms with Gasteiger partial charge in [0.1, 0.15) is 5.69 Å². The quantitative estimate of drug-likeness (QED) is 0.680. The molecule has 0 fully saturated rings. The molecule has 24 heavy (non-hydrogen) atoms. The number of pyridine rings is 1. The molecule has 2 heterocycles. The van der Waals surface area contributed by atoms with Crippen LogP contribution in [0.5, 0.6) is 0 Å². The lowest BCUT2D eigenvalue weighted by atomic mass is 9.87. The molecule has 124 valence electrons. The smallest absolute Gasteiger partial charge is 0.354 e. The average molecular weight is 322 g/mol. The van der Waals surface area contributed by atoms with Crippen LogP contribution in [0, 0.1) is 0 Å². The molecular formula is C20H22N2O2. The minimum atomic E-state index is -0.322. The van der Waals surface area contributed by atoms with E-state index in [1.807, 2.05) is 22.8 Å². The van der Waals surface area contributed by atoms with Crippen molar-refractivity contribution in [2.45, 2.75) is 32.7 Å². The first-order chi connectivity index (χ1) is 11.4. The van der Waals surface area contributed by atoms with Crippen LogP contribution in [0.2, 0.25) is 0 Å². The Morgan fingerprint density at radius 2 is 1.83 bits per heavy atom. The summed E-state index contributed by atoms with van der Waals surface area (Å²) in [6.45, 7) is 7.16. The largest absolute Gasteiger partial charge is 0.464 e. The van der Waals surface area contributed by atoms with Gasteiger partial charge in [-0.15, -0.1) is 0 Å². The standard InChI is InChI=1S/C20H22N2O2/c1-20(2,3)16-6-5-15-11-18(19(23)24-4)22(17(15)12-16)13-14-7-9-21-10-8-14/h5-12H,13H2,1-4H3. The fraction of sp³-hybridized carbons (Fsp3) is 0.300. The molecule has 0 N–H and O–H groups in total. The number of nitrogens with zero attached hydrogens (tertiary/aromatic N) is 2. The van der Waals surface area contributed by atoms with E-state index in [0.717, 1.165) is 16.5 Å². The van der Waals surface area contributed by atoms with E-state index in [1.54, 1.807) is 12.4 Å².